The summed E-state index contributed by atoms with van der Waals surface area (Å²) in [6, 6.07) is 9.24. The fourth-order valence-electron chi connectivity index (χ4n) is 5.31. The molecule has 0 amide bonds. The fraction of sp³-hybridized carbons (Fsp3) is 0.652. The molecule has 1 aromatic heterocycles. The average Bonchev–Trinajstić information content (AvgIpc) is 3.14. The van der Waals surface area contributed by atoms with Crippen molar-refractivity contribution in [1.82, 2.24) is 9.78 Å². The van der Waals surface area contributed by atoms with Crippen molar-refractivity contribution in [2.75, 3.05) is 6.61 Å². The molecule has 1 heterocycles. The minimum absolute atomic E-state index is 0.230. The van der Waals surface area contributed by atoms with Crippen LogP contribution in [0.15, 0.2) is 18.2 Å². The summed E-state index contributed by atoms with van der Waals surface area (Å²) in [5.74, 6) is 0.963. The third kappa shape index (κ3) is 3.17. The second kappa shape index (κ2) is 7.64. The topological polar surface area (TPSA) is 61.8 Å². The summed E-state index contributed by atoms with van der Waals surface area (Å²) in [5.41, 5.74) is 3.17. The molecule has 4 nitrogen and oxygen atoms in total. The van der Waals surface area contributed by atoms with Gasteiger partial charge in [-0.2, -0.15) is 10.4 Å². The van der Waals surface area contributed by atoms with E-state index in [0.29, 0.717) is 11.8 Å². The van der Waals surface area contributed by atoms with Gasteiger partial charge in [-0.15, -0.1) is 0 Å². The van der Waals surface area contributed by atoms with Gasteiger partial charge in [-0.3, -0.25) is 0 Å². The summed E-state index contributed by atoms with van der Waals surface area (Å²) >= 11 is 0. The Morgan fingerprint density at radius 1 is 1.19 bits per heavy atom. The lowest BCUT2D eigenvalue weighted by Crippen LogP contribution is -2.38. The normalized spacial score (nSPS) is 26.9. The van der Waals surface area contributed by atoms with E-state index in [1.54, 1.807) is 0 Å². The molecule has 2 aliphatic rings. The summed E-state index contributed by atoms with van der Waals surface area (Å²) in [4.78, 5) is 0. The number of hydrogen-bond donors (Lipinski definition) is 1. The summed E-state index contributed by atoms with van der Waals surface area (Å²) in [6.07, 6.45) is 10.8. The van der Waals surface area contributed by atoms with Gasteiger partial charge in [-0.25, -0.2) is 4.68 Å². The molecule has 4 rings (SSSR count). The second-order valence-electron chi connectivity index (χ2n) is 8.56. The summed E-state index contributed by atoms with van der Waals surface area (Å²) < 4.78 is 2.06. The van der Waals surface area contributed by atoms with Crippen molar-refractivity contribution in [3.8, 4) is 6.07 Å². The molecule has 27 heavy (non-hydrogen) atoms. The van der Waals surface area contributed by atoms with Gasteiger partial charge in [0.25, 0.3) is 0 Å². The van der Waals surface area contributed by atoms with Crippen LogP contribution in [0.1, 0.15) is 81.9 Å². The van der Waals surface area contributed by atoms with E-state index in [2.05, 4.69) is 35.9 Å². The Morgan fingerprint density at radius 3 is 2.56 bits per heavy atom. The monoisotopic (exact) mass is 365 g/mol. The highest BCUT2D eigenvalue weighted by atomic mass is 16.3. The summed E-state index contributed by atoms with van der Waals surface area (Å²) in [7, 11) is 0. The van der Waals surface area contributed by atoms with Crippen LogP contribution in [0, 0.1) is 17.2 Å². The first-order valence-electron chi connectivity index (χ1n) is 10.8. The average molecular weight is 366 g/mol. The van der Waals surface area contributed by atoms with Crippen LogP contribution in [0.3, 0.4) is 0 Å². The molecule has 0 aliphatic heterocycles. The van der Waals surface area contributed by atoms with Crippen LogP contribution in [0.4, 0.5) is 0 Å². The summed E-state index contributed by atoms with van der Waals surface area (Å²) in [6.45, 7) is 2.40. The molecule has 2 fully saturated rings. The maximum absolute atomic E-state index is 10.1. The maximum Gasteiger partial charge on any atom is 0.149 e. The molecular formula is C23H31N3O. The number of aromatic nitrogens is 2. The number of aryl methyl sites for hydroxylation is 1. The number of aliphatic hydroxyl groups excluding tert-OH is 1. The Hall–Kier alpha value is -1.86. The Labute approximate surface area is 162 Å². The van der Waals surface area contributed by atoms with Crippen molar-refractivity contribution in [3.05, 3.63) is 29.5 Å². The molecule has 0 unspecified atom stereocenters. The molecule has 0 radical (unpaired) electrons. The highest BCUT2D eigenvalue weighted by Gasteiger charge is 2.39. The van der Waals surface area contributed by atoms with Gasteiger partial charge < -0.3 is 5.11 Å². The molecule has 0 bridgehead atoms. The molecule has 0 atom stereocenters. The third-order valence-corrected chi connectivity index (χ3v) is 7.00. The highest BCUT2D eigenvalue weighted by molar-refractivity contribution is 5.86. The first kappa shape index (κ1) is 18.5. The van der Waals surface area contributed by atoms with Gasteiger partial charge >= 0.3 is 0 Å². The standard InChI is InChI=1S/C23H31N3O/c1-2-20-22-19(18-7-4-3-5-8-18)9-6-10-21(22)26(25-20)23(16-24)13-11-17(15-27)12-14-23/h6,9-10,17-18,27H,2-5,7-8,11-15H2,1H3. The van der Waals surface area contributed by atoms with E-state index < -0.39 is 5.54 Å². The maximum atomic E-state index is 10.1. The number of hydrogen-bond acceptors (Lipinski definition) is 3. The smallest absolute Gasteiger partial charge is 0.149 e. The minimum atomic E-state index is -0.567. The first-order chi connectivity index (χ1) is 13.2. The molecule has 1 N–H and O–H groups in total. The van der Waals surface area contributed by atoms with E-state index >= 15 is 0 Å². The van der Waals surface area contributed by atoms with E-state index in [4.69, 9.17) is 5.10 Å². The van der Waals surface area contributed by atoms with E-state index in [9.17, 15) is 10.4 Å². The van der Waals surface area contributed by atoms with Gasteiger partial charge in [0, 0.05) is 12.0 Å². The quantitative estimate of drug-likeness (QED) is 0.825. The van der Waals surface area contributed by atoms with Gasteiger partial charge in [0.05, 0.1) is 17.3 Å². The Bertz CT molecular complexity index is 833. The van der Waals surface area contributed by atoms with Gasteiger partial charge in [0.2, 0.25) is 0 Å². The zero-order valence-corrected chi connectivity index (χ0v) is 16.5. The molecule has 144 valence electrons. The second-order valence-corrected chi connectivity index (χ2v) is 8.56. The van der Waals surface area contributed by atoms with Gasteiger partial charge in [0.1, 0.15) is 5.54 Å². The van der Waals surface area contributed by atoms with Crippen molar-refractivity contribution in [3.63, 3.8) is 0 Å². The largest absolute Gasteiger partial charge is 0.396 e. The minimum Gasteiger partial charge on any atom is -0.396 e. The number of benzene rings is 1. The SMILES string of the molecule is CCc1nn(C2(C#N)CCC(CO)CC2)c2cccc(C3CCCCC3)c12. The van der Waals surface area contributed by atoms with Crippen molar-refractivity contribution in [2.24, 2.45) is 5.92 Å². The van der Waals surface area contributed by atoms with E-state index in [-0.39, 0.29) is 6.61 Å². The molecule has 2 saturated carbocycles. The molecular weight excluding hydrogens is 334 g/mol. The molecule has 2 aliphatic carbocycles. The highest BCUT2D eigenvalue weighted by Crippen LogP contribution is 2.42. The lowest BCUT2D eigenvalue weighted by molar-refractivity contribution is 0.139. The van der Waals surface area contributed by atoms with Crippen LogP contribution in [0.5, 0.6) is 0 Å². The number of nitriles is 1. The Kier molecular flexibility index (Phi) is 5.23. The number of fused-ring (bicyclic) bond motifs is 1. The van der Waals surface area contributed by atoms with Crippen molar-refractivity contribution in [2.45, 2.75) is 82.6 Å². The fourth-order valence-corrected chi connectivity index (χ4v) is 5.31. The summed E-state index contributed by atoms with van der Waals surface area (Å²) in [5, 5.41) is 26.0. The van der Waals surface area contributed by atoms with Crippen LogP contribution in [-0.2, 0) is 12.0 Å². The predicted molar refractivity (Wildman–Crippen MR) is 108 cm³/mol. The molecule has 0 spiro atoms. The molecule has 0 saturated heterocycles. The van der Waals surface area contributed by atoms with Gasteiger partial charge in [-0.1, -0.05) is 38.3 Å². The lowest BCUT2D eigenvalue weighted by Gasteiger charge is -2.35. The zero-order valence-electron chi connectivity index (χ0n) is 16.5. The van der Waals surface area contributed by atoms with Crippen molar-refractivity contribution < 1.29 is 5.11 Å². The number of nitrogens with zero attached hydrogens (tertiary/aromatic N) is 3. The number of rotatable bonds is 4. The number of aliphatic hydroxyl groups is 1. The van der Waals surface area contributed by atoms with Crippen LogP contribution >= 0.6 is 0 Å². The molecule has 2 aromatic rings. The Morgan fingerprint density at radius 2 is 1.93 bits per heavy atom. The van der Waals surface area contributed by atoms with Crippen molar-refractivity contribution in [1.29, 1.82) is 5.26 Å². The lowest BCUT2D eigenvalue weighted by atomic mass is 9.77. The van der Waals surface area contributed by atoms with Gasteiger partial charge in [0.15, 0.2) is 0 Å². The van der Waals surface area contributed by atoms with Crippen molar-refractivity contribution >= 4 is 10.9 Å². The first-order valence-corrected chi connectivity index (χ1v) is 10.8. The van der Waals surface area contributed by atoms with E-state index in [1.165, 1.54) is 43.1 Å². The molecule has 1 aromatic carbocycles. The molecule has 4 heteroatoms. The van der Waals surface area contributed by atoms with E-state index in [0.717, 1.165) is 43.3 Å². The van der Waals surface area contributed by atoms with Gasteiger partial charge in [-0.05, 0) is 68.4 Å². The van der Waals surface area contributed by atoms with Crippen LogP contribution in [0.25, 0.3) is 10.9 Å². The predicted octanol–water partition coefficient (Wildman–Crippen LogP) is 5.05. The Balaban J connectivity index is 1.81. The van der Waals surface area contributed by atoms with E-state index in [1.807, 2.05) is 0 Å². The van der Waals surface area contributed by atoms with Crippen LogP contribution < -0.4 is 0 Å². The third-order valence-electron chi connectivity index (χ3n) is 7.00. The van der Waals surface area contributed by atoms with Crippen LogP contribution in [0.2, 0.25) is 0 Å². The van der Waals surface area contributed by atoms with Crippen LogP contribution in [-0.4, -0.2) is 21.5 Å². The zero-order chi connectivity index (χ0) is 18.9.